The van der Waals surface area contributed by atoms with Crippen molar-refractivity contribution in [1.82, 2.24) is 15.1 Å². The van der Waals surface area contributed by atoms with Gasteiger partial charge in [0.15, 0.2) is 0 Å². The number of ether oxygens (including phenoxy) is 1. The second-order valence-corrected chi connectivity index (χ2v) is 4.52. The highest BCUT2D eigenvalue weighted by atomic mass is 16.5. The van der Waals surface area contributed by atoms with E-state index in [-0.39, 0.29) is 6.04 Å². The van der Waals surface area contributed by atoms with Crippen molar-refractivity contribution in [2.45, 2.75) is 26.4 Å². The lowest BCUT2D eigenvalue weighted by Crippen LogP contribution is -2.20. The van der Waals surface area contributed by atoms with Gasteiger partial charge in [-0.2, -0.15) is 5.10 Å². The standard InChI is InChI=1S/C15H21N3O/c1-4-19-15-8-6-5-7-14(15)12(2)16-11-13-9-10-17-18(13)3/h5-10,12,16H,4,11H2,1-3H3. The molecule has 19 heavy (non-hydrogen) atoms. The molecule has 2 rings (SSSR count). The number of rotatable bonds is 6. The zero-order chi connectivity index (χ0) is 13.7. The number of aryl methyl sites for hydroxylation is 1. The number of hydrogen-bond acceptors (Lipinski definition) is 3. The van der Waals surface area contributed by atoms with Crippen molar-refractivity contribution >= 4 is 0 Å². The minimum atomic E-state index is 0.234. The van der Waals surface area contributed by atoms with Crippen LogP contribution in [0.3, 0.4) is 0 Å². The lowest BCUT2D eigenvalue weighted by molar-refractivity contribution is 0.332. The van der Waals surface area contributed by atoms with Gasteiger partial charge in [-0.15, -0.1) is 0 Å². The van der Waals surface area contributed by atoms with Crippen LogP contribution in [0.1, 0.15) is 31.1 Å². The van der Waals surface area contributed by atoms with Crippen LogP contribution in [0.15, 0.2) is 36.5 Å². The molecule has 2 aromatic rings. The van der Waals surface area contributed by atoms with Gasteiger partial charge < -0.3 is 10.1 Å². The summed E-state index contributed by atoms with van der Waals surface area (Å²) in [5.74, 6) is 0.954. The third kappa shape index (κ3) is 3.35. The van der Waals surface area contributed by atoms with Gasteiger partial charge in [0.05, 0.1) is 12.3 Å². The molecule has 0 fully saturated rings. The Bertz CT molecular complexity index is 522. The SMILES string of the molecule is CCOc1ccccc1C(C)NCc1ccnn1C. The van der Waals surface area contributed by atoms with Crippen LogP contribution in [0, 0.1) is 0 Å². The Kier molecular flexibility index (Phi) is 4.58. The lowest BCUT2D eigenvalue weighted by atomic mass is 10.1. The first kappa shape index (κ1) is 13.6. The molecule has 4 nitrogen and oxygen atoms in total. The van der Waals surface area contributed by atoms with Crippen molar-refractivity contribution in [1.29, 1.82) is 0 Å². The quantitative estimate of drug-likeness (QED) is 0.867. The van der Waals surface area contributed by atoms with Crippen LogP contribution in [-0.2, 0) is 13.6 Å². The molecule has 0 aliphatic carbocycles. The third-order valence-corrected chi connectivity index (χ3v) is 3.20. The van der Waals surface area contributed by atoms with E-state index in [0.717, 1.165) is 12.3 Å². The zero-order valence-electron chi connectivity index (χ0n) is 11.8. The van der Waals surface area contributed by atoms with E-state index in [4.69, 9.17) is 4.74 Å². The molecule has 1 atom stereocenters. The number of nitrogens with zero attached hydrogens (tertiary/aromatic N) is 2. The van der Waals surface area contributed by atoms with E-state index >= 15 is 0 Å². The van der Waals surface area contributed by atoms with Crippen LogP contribution in [0.5, 0.6) is 5.75 Å². The topological polar surface area (TPSA) is 39.1 Å². The Balaban J connectivity index is 2.03. The summed E-state index contributed by atoms with van der Waals surface area (Å²) in [4.78, 5) is 0. The molecule has 0 amide bonds. The first-order valence-corrected chi connectivity index (χ1v) is 6.64. The van der Waals surface area contributed by atoms with Gasteiger partial charge in [-0.05, 0) is 26.0 Å². The summed E-state index contributed by atoms with van der Waals surface area (Å²) in [5.41, 5.74) is 2.35. The molecule has 0 radical (unpaired) electrons. The average Bonchev–Trinajstić information content (AvgIpc) is 2.82. The maximum atomic E-state index is 5.66. The summed E-state index contributed by atoms with van der Waals surface area (Å²) < 4.78 is 7.54. The fourth-order valence-corrected chi connectivity index (χ4v) is 2.07. The predicted molar refractivity (Wildman–Crippen MR) is 76.1 cm³/mol. The van der Waals surface area contributed by atoms with E-state index in [9.17, 15) is 0 Å². The fourth-order valence-electron chi connectivity index (χ4n) is 2.07. The minimum absolute atomic E-state index is 0.234. The second kappa shape index (κ2) is 6.38. The molecule has 0 saturated heterocycles. The van der Waals surface area contributed by atoms with E-state index in [2.05, 4.69) is 23.4 Å². The van der Waals surface area contributed by atoms with Crippen LogP contribution in [0.2, 0.25) is 0 Å². The van der Waals surface area contributed by atoms with Gasteiger partial charge in [0.2, 0.25) is 0 Å². The van der Waals surface area contributed by atoms with Crippen LogP contribution in [-0.4, -0.2) is 16.4 Å². The summed E-state index contributed by atoms with van der Waals surface area (Å²) in [6.07, 6.45) is 1.82. The van der Waals surface area contributed by atoms with Crippen LogP contribution in [0.25, 0.3) is 0 Å². The summed E-state index contributed by atoms with van der Waals surface area (Å²) in [7, 11) is 1.95. The first-order valence-electron chi connectivity index (χ1n) is 6.64. The van der Waals surface area contributed by atoms with Gasteiger partial charge in [-0.3, -0.25) is 4.68 Å². The molecule has 0 saturated carbocycles. The molecule has 1 aromatic heterocycles. The van der Waals surface area contributed by atoms with Crippen LogP contribution in [0.4, 0.5) is 0 Å². The molecular weight excluding hydrogens is 238 g/mol. The van der Waals surface area contributed by atoms with Crippen molar-refractivity contribution in [3.63, 3.8) is 0 Å². The Morgan fingerprint density at radius 1 is 1.32 bits per heavy atom. The minimum Gasteiger partial charge on any atom is -0.494 e. The smallest absolute Gasteiger partial charge is 0.124 e. The van der Waals surface area contributed by atoms with Gasteiger partial charge in [-0.1, -0.05) is 18.2 Å². The summed E-state index contributed by atoms with van der Waals surface area (Å²) in [6, 6.07) is 10.4. The molecule has 0 aliphatic rings. The fraction of sp³-hybridized carbons (Fsp3) is 0.400. The Labute approximate surface area is 114 Å². The molecule has 0 aliphatic heterocycles. The van der Waals surface area contributed by atoms with Crippen LogP contribution >= 0.6 is 0 Å². The van der Waals surface area contributed by atoms with E-state index in [1.165, 1.54) is 11.3 Å². The predicted octanol–water partition coefficient (Wildman–Crippen LogP) is 2.67. The number of aromatic nitrogens is 2. The van der Waals surface area contributed by atoms with Gasteiger partial charge in [0.1, 0.15) is 5.75 Å². The number of benzene rings is 1. The van der Waals surface area contributed by atoms with Crippen LogP contribution < -0.4 is 10.1 Å². The van der Waals surface area contributed by atoms with Gasteiger partial charge in [0.25, 0.3) is 0 Å². The lowest BCUT2D eigenvalue weighted by Gasteiger charge is -2.18. The number of nitrogens with one attached hydrogen (secondary N) is 1. The number of para-hydroxylation sites is 1. The number of hydrogen-bond donors (Lipinski definition) is 1. The summed E-state index contributed by atoms with van der Waals surface area (Å²) in [6.45, 7) is 5.63. The van der Waals surface area contributed by atoms with Gasteiger partial charge >= 0.3 is 0 Å². The Morgan fingerprint density at radius 2 is 2.11 bits per heavy atom. The van der Waals surface area contributed by atoms with Crippen molar-refractivity contribution in [2.75, 3.05) is 6.61 Å². The van der Waals surface area contributed by atoms with Gasteiger partial charge in [0, 0.05) is 31.4 Å². The van der Waals surface area contributed by atoms with Crippen molar-refractivity contribution in [3.8, 4) is 5.75 Å². The Hall–Kier alpha value is -1.81. The third-order valence-electron chi connectivity index (χ3n) is 3.20. The highest BCUT2D eigenvalue weighted by Crippen LogP contribution is 2.24. The highest BCUT2D eigenvalue weighted by molar-refractivity contribution is 5.35. The first-order chi connectivity index (χ1) is 9.22. The molecule has 0 spiro atoms. The molecular formula is C15H21N3O. The van der Waals surface area contributed by atoms with E-state index in [1.54, 1.807) is 0 Å². The molecule has 102 valence electrons. The largest absolute Gasteiger partial charge is 0.494 e. The van der Waals surface area contributed by atoms with E-state index < -0.39 is 0 Å². The summed E-state index contributed by atoms with van der Waals surface area (Å²) >= 11 is 0. The van der Waals surface area contributed by atoms with E-state index in [0.29, 0.717) is 6.61 Å². The molecule has 1 heterocycles. The summed E-state index contributed by atoms with van der Waals surface area (Å²) in [5, 5.41) is 7.67. The molecule has 1 N–H and O–H groups in total. The Morgan fingerprint density at radius 3 is 2.79 bits per heavy atom. The monoisotopic (exact) mass is 259 g/mol. The van der Waals surface area contributed by atoms with E-state index in [1.807, 2.05) is 49.1 Å². The molecule has 1 unspecified atom stereocenters. The molecule has 1 aromatic carbocycles. The molecule has 4 heteroatoms. The maximum Gasteiger partial charge on any atom is 0.124 e. The molecule has 0 bridgehead atoms. The van der Waals surface area contributed by atoms with Crippen molar-refractivity contribution < 1.29 is 4.74 Å². The van der Waals surface area contributed by atoms with Gasteiger partial charge in [-0.25, -0.2) is 0 Å². The average molecular weight is 259 g/mol. The van der Waals surface area contributed by atoms with Crippen molar-refractivity contribution in [3.05, 3.63) is 47.8 Å². The normalized spacial score (nSPS) is 12.4. The highest BCUT2D eigenvalue weighted by Gasteiger charge is 2.11. The second-order valence-electron chi connectivity index (χ2n) is 4.52. The zero-order valence-corrected chi connectivity index (χ0v) is 11.8. The van der Waals surface area contributed by atoms with Crippen molar-refractivity contribution in [2.24, 2.45) is 7.05 Å². The maximum absolute atomic E-state index is 5.66.